The Balaban J connectivity index is 2.41. The highest BCUT2D eigenvalue weighted by molar-refractivity contribution is 5.74. The molecule has 70 valence electrons. The number of rotatable bonds is 2. The molecule has 0 saturated carbocycles. The maximum Gasteiger partial charge on any atom is 0.0890 e. The number of fused-ring (bicyclic) bond motifs is 1. The van der Waals surface area contributed by atoms with E-state index >= 15 is 0 Å². The molecule has 0 saturated heterocycles. The molecule has 0 aliphatic carbocycles. The minimum Gasteiger partial charge on any atom is -0.411 e. The Morgan fingerprint density at radius 3 is 2.86 bits per heavy atom. The van der Waals surface area contributed by atoms with Gasteiger partial charge in [-0.1, -0.05) is 12.1 Å². The van der Waals surface area contributed by atoms with Crippen molar-refractivity contribution in [3.8, 4) is 0 Å². The van der Waals surface area contributed by atoms with Crippen molar-refractivity contribution < 1.29 is 5.21 Å². The van der Waals surface area contributed by atoms with E-state index in [0.717, 1.165) is 16.7 Å². The Bertz CT molecular complexity index is 468. The van der Waals surface area contributed by atoms with Gasteiger partial charge in [0.05, 0.1) is 16.7 Å². The van der Waals surface area contributed by atoms with E-state index in [1.54, 1.807) is 6.20 Å². The van der Waals surface area contributed by atoms with Gasteiger partial charge in [-0.05, 0) is 12.1 Å². The molecular formula is C10H9N3O. The van der Waals surface area contributed by atoms with Crippen LogP contribution < -0.4 is 0 Å². The molecule has 1 aromatic carbocycles. The fourth-order valence-electron chi connectivity index (χ4n) is 1.23. The van der Waals surface area contributed by atoms with Crippen LogP contribution in [0.1, 0.15) is 5.69 Å². The summed E-state index contributed by atoms with van der Waals surface area (Å²) < 4.78 is 0. The normalized spacial score (nSPS) is 11.1. The maximum absolute atomic E-state index is 8.26. The third-order valence-corrected chi connectivity index (χ3v) is 1.88. The first-order chi connectivity index (χ1) is 6.90. The van der Waals surface area contributed by atoms with E-state index in [4.69, 9.17) is 5.21 Å². The van der Waals surface area contributed by atoms with Crippen LogP contribution in [0.15, 0.2) is 35.6 Å². The summed E-state index contributed by atoms with van der Waals surface area (Å²) in [5, 5.41) is 11.2. The molecule has 0 amide bonds. The molecule has 0 unspecified atom stereocenters. The summed E-state index contributed by atoms with van der Waals surface area (Å²) in [5.74, 6) is 0. The third kappa shape index (κ3) is 1.69. The molecule has 2 rings (SSSR count). The molecule has 0 spiro atoms. The van der Waals surface area contributed by atoms with Crippen LogP contribution in [-0.2, 0) is 6.42 Å². The molecule has 4 nitrogen and oxygen atoms in total. The second-order valence-electron chi connectivity index (χ2n) is 2.85. The summed E-state index contributed by atoms with van der Waals surface area (Å²) in [6.07, 6.45) is 3.57. The molecule has 0 radical (unpaired) electrons. The van der Waals surface area contributed by atoms with Crippen molar-refractivity contribution in [1.82, 2.24) is 9.97 Å². The predicted octanol–water partition coefficient (Wildman–Crippen LogP) is 1.63. The lowest BCUT2D eigenvalue weighted by molar-refractivity contribution is 0.320. The van der Waals surface area contributed by atoms with Gasteiger partial charge in [0.15, 0.2) is 0 Å². The van der Waals surface area contributed by atoms with Crippen molar-refractivity contribution in [2.45, 2.75) is 6.42 Å². The fourth-order valence-corrected chi connectivity index (χ4v) is 1.23. The average molecular weight is 187 g/mol. The molecule has 0 atom stereocenters. The van der Waals surface area contributed by atoms with Crippen LogP contribution in [0.4, 0.5) is 0 Å². The van der Waals surface area contributed by atoms with E-state index in [2.05, 4.69) is 15.1 Å². The Morgan fingerprint density at radius 1 is 1.29 bits per heavy atom. The van der Waals surface area contributed by atoms with Crippen LogP contribution in [0.2, 0.25) is 0 Å². The van der Waals surface area contributed by atoms with Gasteiger partial charge in [-0.15, -0.1) is 5.16 Å². The molecule has 14 heavy (non-hydrogen) atoms. The SMILES string of the molecule is O/N=C/Cc1cnc2ccccc2n1. The lowest BCUT2D eigenvalue weighted by Crippen LogP contribution is -1.93. The van der Waals surface area contributed by atoms with Crippen molar-refractivity contribution in [2.75, 3.05) is 0 Å². The highest BCUT2D eigenvalue weighted by Crippen LogP contribution is 2.08. The van der Waals surface area contributed by atoms with E-state index in [1.165, 1.54) is 6.21 Å². The van der Waals surface area contributed by atoms with Crippen LogP contribution in [0.25, 0.3) is 11.0 Å². The highest BCUT2D eigenvalue weighted by atomic mass is 16.4. The Labute approximate surface area is 80.9 Å². The monoisotopic (exact) mass is 187 g/mol. The summed E-state index contributed by atoms with van der Waals surface area (Å²) >= 11 is 0. The van der Waals surface area contributed by atoms with Crippen LogP contribution in [0.3, 0.4) is 0 Å². The number of nitrogens with zero attached hydrogens (tertiary/aromatic N) is 3. The zero-order chi connectivity index (χ0) is 9.80. The van der Waals surface area contributed by atoms with E-state index < -0.39 is 0 Å². The second kappa shape index (κ2) is 3.83. The molecule has 2 aromatic rings. The van der Waals surface area contributed by atoms with Gasteiger partial charge in [-0.25, -0.2) is 4.98 Å². The van der Waals surface area contributed by atoms with E-state index in [0.29, 0.717) is 6.42 Å². The van der Waals surface area contributed by atoms with E-state index in [-0.39, 0.29) is 0 Å². The minimum absolute atomic E-state index is 0.494. The molecule has 1 N–H and O–H groups in total. The van der Waals surface area contributed by atoms with Crippen LogP contribution >= 0.6 is 0 Å². The number of aromatic nitrogens is 2. The molecule has 1 heterocycles. The fraction of sp³-hybridized carbons (Fsp3) is 0.100. The van der Waals surface area contributed by atoms with Gasteiger partial charge in [-0.2, -0.15) is 0 Å². The van der Waals surface area contributed by atoms with E-state index in [1.807, 2.05) is 24.3 Å². The molecule has 4 heteroatoms. The maximum atomic E-state index is 8.26. The number of para-hydroxylation sites is 2. The number of hydrogen-bond donors (Lipinski definition) is 1. The predicted molar refractivity (Wildman–Crippen MR) is 53.5 cm³/mol. The molecule has 0 bridgehead atoms. The molecule has 1 aromatic heterocycles. The van der Waals surface area contributed by atoms with Crippen LogP contribution in [-0.4, -0.2) is 21.4 Å². The first kappa shape index (κ1) is 8.62. The Morgan fingerprint density at radius 2 is 2.07 bits per heavy atom. The topological polar surface area (TPSA) is 58.4 Å². The van der Waals surface area contributed by atoms with Gasteiger partial charge >= 0.3 is 0 Å². The van der Waals surface area contributed by atoms with Crippen LogP contribution in [0, 0.1) is 0 Å². The lowest BCUT2D eigenvalue weighted by atomic mass is 10.3. The van der Waals surface area contributed by atoms with Crippen LogP contribution in [0.5, 0.6) is 0 Å². The van der Waals surface area contributed by atoms with Crippen molar-refractivity contribution in [3.05, 3.63) is 36.2 Å². The lowest BCUT2D eigenvalue weighted by Gasteiger charge is -1.98. The third-order valence-electron chi connectivity index (χ3n) is 1.88. The van der Waals surface area contributed by atoms with Crippen molar-refractivity contribution >= 4 is 17.2 Å². The highest BCUT2D eigenvalue weighted by Gasteiger charge is 1.97. The molecule has 0 fully saturated rings. The Hall–Kier alpha value is -1.97. The van der Waals surface area contributed by atoms with Gasteiger partial charge in [-0.3, -0.25) is 4.98 Å². The van der Waals surface area contributed by atoms with Crippen molar-refractivity contribution in [3.63, 3.8) is 0 Å². The smallest absolute Gasteiger partial charge is 0.0890 e. The van der Waals surface area contributed by atoms with Gasteiger partial charge in [0.1, 0.15) is 0 Å². The molecular weight excluding hydrogens is 178 g/mol. The summed E-state index contributed by atoms with van der Waals surface area (Å²) in [5.41, 5.74) is 2.52. The largest absolute Gasteiger partial charge is 0.411 e. The quantitative estimate of drug-likeness (QED) is 0.441. The zero-order valence-electron chi connectivity index (χ0n) is 7.46. The summed E-state index contributed by atoms with van der Waals surface area (Å²) in [4.78, 5) is 8.58. The van der Waals surface area contributed by atoms with E-state index in [9.17, 15) is 0 Å². The summed E-state index contributed by atoms with van der Waals surface area (Å²) in [6, 6.07) is 7.65. The van der Waals surface area contributed by atoms with Gasteiger partial charge in [0.25, 0.3) is 0 Å². The Kier molecular flexibility index (Phi) is 2.36. The van der Waals surface area contributed by atoms with Gasteiger partial charge < -0.3 is 5.21 Å². The molecule has 0 aliphatic heterocycles. The first-order valence-electron chi connectivity index (χ1n) is 4.27. The number of hydrogen-bond acceptors (Lipinski definition) is 4. The average Bonchev–Trinajstić information content (AvgIpc) is 2.26. The number of oxime groups is 1. The first-order valence-corrected chi connectivity index (χ1v) is 4.27. The summed E-state index contributed by atoms with van der Waals surface area (Å²) in [6.45, 7) is 0. The van der Waals surface area contributed by atoms with Gasteiger partial charge in [0, 0.05) is 18.8 Å². The second-order valence-corrected chi connectivity index (χ2v) is 2.85. The standard InChI is InChI=1S/C10H9N3O/c14-12-6-5-8-7-11-9-3-1-2-4-10(9)13-8/h1-4,6-7,14H,5H2/b12-6+. The van der Waals surface area contributed by atoms with Crippen molar-refractivity contribution in [2.24, 2.45) is 5.16 Å². The minimum atomic E-state index is 0.494. The zero-order valence-corrected chi connectivity index (χ0v) is 7.46. The summed E-state index contributed by atoms with van der Waals surface area (Å²) in [7, 11) is 0. The van der Waals surface area contributed by atoms with Crippen molar-refractivity contribution in [1.29, 1.82) is 0 Å². The molecule has 0 aliphatic rings. The van der Waals surface area contributed by atoms with Gasteiger partial charge in [0.2, 0.25) is 0 Å². The number of benzene rings is 1.